The molecule has 1 rings (SSSR count). The van der Waals surface area contributed by atoms with Crippen molar-refractivity contribution < 1.29 is 0 Å². The molecular weight excluding hydrogens is 302 g/mol. The lowest BCUT2D eigenvalue weighted by Gasteiger charge is -2.24. The third-order valence-electron chi connectivity index (χ3n) is 3.91. The molecule has 0 spiro atoms. The van der Waals surface area contributed by atoms with Crippen LogP contribution in [-0.2, 0) is 19.9 Å². The second-order valence-electron chi connectivity index (χ2n) is 5.30. The highest BCUT2D eigenvalue weighted by Gasteiger charge is 2.20. The van der Waals surface area contributed by atoms with Gasteiger partial charge in [-0.05, 0) is 54.6 Å². The fourth-order valence-corrected chi connectivity index (χ4v) is 3.28. The van der Waals surface area contributed by atoms with Crippen molar-refractivity contribution in [2.24, 2.45) is 13.0 Å². The summed E-state index contributed by atoms with van der Waals surface area (Å²) in [5.41, 5.74) is 2.50. The summed E-state index contributed by atoms with van der Waals surface area (Å²) in [6.07, 6.45) is 4.44. The van der Waals surface area contributed by atoms with Crippen LogP contribution in [0.5, 0.6) is 0 Å². The fraction of sp³-hybridized carbons (Fsp3) is 0.800. The maximum Gasteiger partial charge on any atom is 0.0766 e. The summed E-state index contributed by atoms with van der Waals surface area (Å²) in [5, 5.41) is 8.21. The largest absolute Gasteiger partial charge is 0.314 e. The van der Waals surface area contributed by atoms with Crippen molar-refractivity contribution in [3.63, 3.8) is 0 Å². The van der Waals surface area contributed by atoms with Gasteiger partial charge in [-0.1, -0.05) is 27.2 Å². The Hall–Kier alpha value is -0.350. The van der Waals surface area contributed by atoms with E-state index in [4.69, 9.17) is 0 Å². The standard InChI is InChI=1S/C15H28BrN3/c1-6-9-17-11(4)12(7-2)10-14-15(16)13(8-3)18-19(14)5/h11-12,17H,6-10H2,1-5H3. The summed E-state index contributed by atoms with van der Waals surface area (Å²) in [6, 6.07) is 0.553. The Morgan fingerprint density at radius 2 is 2.00 bits per heavy atom. The first-order chi connectivity index (χ1) is 9.04. The molecular formula is C15H28BrN3. The molecule has 1 aromatic heterocycles. The Bertz CT molecular complexity index is 387. The lowest BCUT2D eigenvalue weighted by atomic mass is 9.92. The molecule has 0 radical (unpaired) electrons. The first kappa shape index (κ1) is 16.7. The molecule has 19 heavy (non-hydrogen) atoms. The van der Waals surface area contributed by atoms with E-state index in [1.165, 1.54) is 28.7 Å². The van der Waals surface area contributed by atoms with Crippen LogP contribution in [0.1, 0.15) is 51.9 Å². The van der Waals surface area contributed by atoms with E-state index < -0.39 is 0 Å². The Morgan fingerprint density at radius 3 is 2.47 bits per heavy atom. The second kappa shape index (κ2) is 8.05. The van der Waals surface area contributed by atoms with E-state index in [-0.39, 0.29) is 0 Å². The van der Waals surface area contributed by atoms with Gasteiger partial charge in [0.25, 0.3) is 0 Å². The van der Waals surface area contributed by atoms with Gasteiger partial charge in [-0.2, -0.15) is 5.10 Å². The van der Waals surface area contributed by atoms with E-state index in [1.807, 2.05) is 4.68 Å². The van der Waals surface area contributed by atoms with Crippen molar-refractivity contribution in [1.29, 1.82) is 0 Å². The molecule has 1 heterocycles. The Labute approximate surface area is 126 Å². The number of nitrogens with zero attached hydrogens (tertiary/aromatic N) is 2. The minimum absolute atomic E-state index is 0.553. The predicted molar refractivity (Wildman–Crippen MR) is 85.5 cm³/mol. The Balaban J connectivity index is 2.78. The summed E-state index contributed by atoms with van der Waals surface area (Å²) < 4.78 is 3.25. The molecule has 2 unspecified atom stereocenters. The van der Waals surface area contributed by atoms with Crippen LogP contribution < -0.4 is 5.32 Å². The van der Waals surface area contributed by atoms with E-state index >= 15 is 0 Å². The second-order valence-corrected chi connectivity index (χ2v) is 6.09. The van der Waals surface area contributed by atoms with Gasteiger partial charge in [0.05, 0.1) is 15.9 Å². The molecule has 110 valence electrons. The van der Waals surface area contributed by atoms with E-state index in [0.717, 1.165) is 19.4 Å². The molecule has 4 heteroatoms. The summed E-state index contributed by atoms with van der Waals surface area (Å²) in [4.78, 5) is 0. The lowest BCUT2D eigenvalue weighted by Crippen LogP contribution is -2.35. The minimum Gasteiger partial charge on any atom is -0.314 e. The normalized spacial score (nSPS) is 14.6. The topological polar surface area (TPSA) is 29.9 Å². The number of hydrogen-bond donors (Lipinski definition) is 1. The van der Waals surface area contributed by atoms with Crippen molar-refractivity contribution >= 4 is 15.9 Å². The van der Waals surface area contributed by atoms with Gasteiger partial charge in [0.15, 0.2) is 0 Å². The fourth-order valence-electron chi connectivity index (χ4n) is 2.50. The van der Waals surface area contributed by atoms with Crippen LogP contribution in [0.25, 0.3) is 0 Å². The van der Waals surface area contributed by atoms with Crippen LogP contribution >= 0.6 is 15.9 Å². The van der Waals surface area contributed by atoms with E-state index in [2.05, 4.69) is 61.1 Å². The highest BCUT2D eigenvalue weighted by molar-refractivity contribution is 9.10. The van der Waals surface area contributed by atoms with Crippen LogP contribution in [0.4, 0.5) is 0 Å². The number of halogens is 1. The van der Waals surface area contributed by atoms with Crippen molar-refractivity contribution in [1.82, 2.24) is 15.1 Å². The van der Waals surface area contributed by atoms with Crippen molar-refractivity contribution in [3.05, 3.63) is 15.9 Å². The zero-order valence-corrected chi connectivity index (χ0v) is 14.5. The Morgan fingerprint density at radius 1 is 1.32 bits per heavy atom. The molecule has 0 saturated carbocycles. The average molecular weight is 330 g/mol. The molecule has 0 aliphatic carbocycles. The molecule has 0 amide bonds. The summed E-state index contributed by atoms with van der Waals surface area (Å²) in [5.74, 6) is 0.656. The van der Waals surface area contributed by atoms with E-state index in [0.29, 0.717) is 12.0 Å². The molecule has 0 aliphatic heterocycles. The van der Waals surface area contributed by atoms with E-state index in [9.17, 15) is 0 Å². The number of aryl methyl sites for hydroxylation is 2. The van der Waals surface area contributed by atoms with Crippen molar-refractivity contribution in [2.45, 2.75) is 59.4 Å². The molecule has 2 atom stereocenters. The van der Waals surface area contributed by atoms with Gasteiger partial charge in [-0.25, -0.2) is 0 Å². The van der Waals surface area contributed by atoms with Gasteiger partial charge in [0.2, 0.25) is 0 Å². The Kier molecular flexibility index (Phi) is 7.08. The monoisotopic (exact) mass is 329 g/mol. The van der Waals surface area contributed by atoms with Crippen LogP contribution in [0.15, 0.2) is 4.47 Å². The van der Waals surface area contributed by atoms with Crippen molar-refractivity contribution in [2.75, 3.05) is 6.54 Å². The van der Waals surface area contributed by atoms with Crippen LogP contribution in [0.2, 0.25) is 0 Å². The molecule has 0 saturated heterocycles. The first-order valence-corrected chi connectivity index (χ1v) is 8.27. The predicted octanol–water partition coefficient (Wildman–Crippen LogP) is 3.70. The summed E-state index contributed by atoms with van der Waals surface area (Å²) in [6.45, 7) is 10.0. The number of aromatic nitrogens is 2. The van der Waals surface area contributed by atoms with Gasteiger partial charge in [0.1, 0.15) is 0 Å². The van der Waals surface area contributed by atoms with Gasteiger partial charge in [-0.15, -0.1) is 0 Å². The number of rotatable bonds is 8. The number of nitrogens with one attached hydrogen (secondary N) is 1. The molecule has 1 N–H and O–H groups in total. The highest BCUT2D eigenvalue weighted by Crippen LogP contribution is 2.26. The zero-order valence-electron chi connectivity index (χ0n) is 13.0. The SMILES string of the molecule is CCCNC(C)C(CC)Cc1c(Br)c(CC)nn1C. The molecule has 3 nitrogen and oxygen atoms in total. The summed E-state index contributed by atoms with van der Waals surface area (Å²) in [7, 11) is 2.05. The van der Waals surface area contributed by atoms with Crippen LogP contribution in [0.3, 0.4) is 0 Å². The zero-order chi connectivity index (χ0) is 14.4. The van der Waals surface area contributed by atoms with Gasteiger partial charge >= 0.3 is 0 Å². The third kappa shape index (κ3) is 4.32. The first-order valence-electron chi connectivity index (χ1n) is 7.48. The summed E-state index contributed by atoms with van der Waals surface area (Å²) >= 11 is 3.72. The van der Waals surface area contributed by atoms with E-state index in [1.54, 1.807) is 0 Å². The third-order valence-corrected chi connectivity index (χ3v) is 4.82. The maximum absolute atomic E-state index is 4.59. The molecule has 0 fully saturated rings. The lowest BCUT2D eigenvalue weighted by molar-refractivity contribution is 0.355. The molecule has 0 aliphatic rings. The quantitative estimate of drug-likeness (QED) is 0.788. The van der Waals surface area contributed by atoms with Gasteiger partial charge < -0.3 is 5.32 Å². The van der Waals surface area contributed by atoms with Crippen molar-refractivity contribution in [3.8, 4) is 0 Å². The van der Waals surface area contributed by atoms with Crippen LogP contribution in [0, 0.1) is 5.92 Å². The molecule has 0 aromatic carbocycles. The molecule has 1 aromatic rings. The maximum atomic E-state index is 4.59. The minimum atomic E-state index is 0.553. The smallest absolute Gasteiger partial charge is 0.0766 e. The highest BCUT2D eigenvalue weighted by atomic mass is 79.9. The molecule has 0 bridgehead atoms. The van der Waals surface area contributed by atoms with Crippen LogP contribution in [-0.4, -0.2) is 22.4 Å². The number of hydrogen-bond acceptors (Lipinski definition) is 2. The average Bonchev–Trinajstić information content (AvgIpc) is 2.68. The van der Waals surface area contributed by atoms with Gasteiger partial charge in [0, 0.05) is 13.1 Å². The van der Waals surface area contributed by atoms with Gasteiger partial charge in [-0.3, -0.25) is 4.68 Å².